The second kappa shape index (κ2) is 7.77. The quantitative estimate of drug-likeness (QED) is 0.698. The molecule has 2 aromatic rings. The maximum absolute atomic E-state index is 12.0. The molecule has 124 valence electrons. The van der Waals surface area contributed by atoms with Crippen LogP contribution in [0.15, 0.2) is 48.5 Å². The number of primary amides is 1. The van der Waals surface area contributed by atoms with Crippen molar-refractivity contribution in [3.05, 3.63) is 59.7 Å². The van der Waals surface area contributed by atoms with Gasteiger partial charge in [0.1, 0.15) is 0 Å². The Kier molecular flexibility index (Phi) is 5.51. The molecule has 7 nitrogen and oxygen atoms in total. The van der Waals surface area contributed by atoms with Crippen LogP contribution in [0.2, 0.25) is 0 Å². The summed E-state index contributed by atoms with van der Waals surface area (Å²) in [5.74, 6) is -1.32. The smallest absolute Gasteiger partial charge is 0.339 e. The summed E-state index contributed by atoms with van der Waals surface area (Å²) in [6.45, 7) is -0.0361. The minimum atomic E-state index is -0.533. The number of hydrogen-bond donors (Lipinski definition) is 3. The fourth-order valence-corrected chi connectivity index (χ4v) is 2.02. The number of methoxy groups -OCH3 is 1. The Hall–Kier alpha value is -3.35. The van der Waals surface area contributed by atoms with Crippen LogP contribution in [-0.4, -0.2) is 31.4 Å². The summed E-state index contributed by atoms with van der Waals surface area (Å²) in [5.41, 5.74) is 6.90. The summed E-state index contributed by atoms with van der Waals surface area (Å²) in [5, 5.41) is 5.56. The summed E-state index contributed by atoms with van der Waals surface area (Å²) in [4.78, 5) is 34.6. The van der Waals surface area contributed by atoms with Crippen molar-refractivity contribution >= 4 is 29.2 Å². The molecular weight excluding hydrogens is 310 g/mol. The molecule has 7 heteroatoms. The highest BCUT2D eigenvalue weighted by Gasteiger charge is 2.11. The third kappa shape index (κ3) is 4.33. The Morgan fingerprint density at radius 3 is 2.33 bits per heavy atom. The zero-order valence-corrected chi connectivity index (χ0v) is 13.0. The molecule has 0 saturated carbocycles. The van der Waals surface area contributed by atoms with Crippen LogP contribution in [0.1, 0.15) is 20.7 Å². The SMILES string of the molecule is COC(=O)c1ccccc1NCC(=O)Nc1ccc(C(N)=O)cc1. The average molecular weight is 327 g/mol. The summed E-state index contributed by atoms with van der Waals surface area (Å²) in [6, 6.07) is 13.0. The molecule has 2 aromatic carbocycles. The third-order valence-electron chi connectivity index (χ3n) is 3.22. The highest BCUT2D eigenvalue weighted by molar-refractivity contribution is 5.98. The van der Waals surface area contributed by atoms with Gasteiger partial charge in [-0.3, -0.25) is 9.59 Å². The van der Waals surface area contributed by atoms with Gasteiger partial charge in [0, 0.05) is 16.9 Å². The number of nitrogens with one attached hydrogen (secondary N) is 2. The first-order valence-electron chi connectivity index (χ1n) is 7.12. The van der Waals surface area contributed by atoms with Crippen LogP contribution in [0.25, 0.3) is 0 Å². The van der Waals surface area contributed by atoms with Crippen LogP contribution in [0, 0.1) is 0 Å². The standard InChI is InChI=1S/C17H17N3O4/c1-24-17(23)13-4-2-3-5-14(13)19-10-15(21)20-12-8-6-11(7-9-12)16(18)22/h2-9,19H,10H2,1H3,(H2,18,22)(H,20,21). The van der Waals surface area contributed by atoms with Crippen molar-refractivity contribution in [2.75, 3.05) is 24.3 Å². The van der Waals surface area contributed by atoms with Crippen LogP contribution in [-0.2, 0) is 9.53 Å². The van der Waals surface area contributed by atoms with Crippen LogP contribution in [0.3, 0.4) is 0 Å². The summed E-state index contributed by atoms with van der Waals surface area (Å²) in [7, 11) is 1.29. The first-order chi connectivity index (χ1) is 11.5. The average Bonchev–Trinajstić information content (AvgIpc) is 2.60. The molecule has 0 radical (unpaired) electrons. The van der Waals surface area contributed by atoms with Crippen molar-refractivity contribution < 1.29 is 19.1 Å². The molecule has 0 bridgehead atoms. The van der Waals surface area contributed by atoms with Crippen LogP contribution < -0.4 is 16.4 Å². The zero-order chi connectivity index (χ0) is 17.5. The Labute approximate surface area is 138 Å². The topological polar surface area (TPSA) is 111 Å². The Morgan fingerprint density at radius 1 is 1.04 bits per heavy atom. The second-order valence-corrected chi connectivity index (χ2v) is 4.88. The first-order valence-corrected chi connectivity index (χ1v) is 7.12. The van der Waals surface area contributed by atoms with E-state index in [0.29, 0.717) is 22.5 Å². The maximum atomic E-state index is 12.0. The molecule has 0 aliphatic rings. The lowest BCUT2D eigenvalue weighted by Crippen LogP contribution is -2.22. The van der Waals surface area contributed by atoms with E-state index in [2.05, 4.69) is 10.6 Å². The van der Waals surface area contributed by atoms with E-state index in [1.807, 2.05) is 0 Å². The molecule has 2 rings (SSSR count). The molecule has 0 aromatic heterocycles. The lowest BCUT2D eigenvalue weighted by Gasteiger charge is -2.11. The monoisotopic (exact) mass is 327 g/mol. The number of rotatable bonds is 6. The second-order valence-electron chi connectivity index (χ2n) is 4.88. The van der Waals surface area contributed by atoms with Gasteiger partial charge in [-0.2, -0.15) is 0 Å². The van der Waals surface area contributed by atoms with Crippen LogP contribution in [0.5, 0.6) is 0 Å². The summed E-state index contributed by atoms with van der Waals surface area (Å²) < 4.78 is 4.69. The summed E-state index contributed by atoms with van der Waals surface area (Å²) in [6.07, 6.45) is 0. The van der Waals surface area contributed by atoms with E-state index in [1.165, 1.54) is 19.2 Å². The van der Waals surface area contributed by atoms with Crippen molar-refractivity contribution in [1.29, 1.82) is 0 Å². The number of carbonyl (C=O) groups excluding carboxylic acids is 3. The van der Waals surface area contributed by atoms with Crippen molar-refractivity contribution in [2.24, 2.45) is 5.73 Å². The predicted molar refractivity (Wildman–Crippen MR) is 89.9 cm³/mol. The van der Waals surface area contributed by atoms with Gasteiger partial charge < -0.3 is 21.1 Å². The molecule has 0 unspecified atom stereocenters. The minimum Gasteiger partial charge on any atom is -0.465 e. The third-order valence-corrected chi connectivity index (χ3v) is 3.22. The van der Waals surface area contributed by atoms with E-state index in [-0.39, 0.29) is 12.5 Å². The first kappa shape index (κ1) is 17.0. The molecule has 0 fully saturated rings. The number of para-hydroxylation sites is 1. The molecule has 2 amide bonds. The largest absolute Gasteiger partial charge is 0.465 e. The van der Waals surface area contributed by atoms with Gasteiger partial charge in [0.15, 0.2) is 0 Å². The minimum absolute atomic E-state index is 0.0361. The molecule has 0 aliphatic carbocycles. The van der Waals surface area contributed by atoms with Crippen molar-refractivity contribution in [3.8, 4) is 0 Å². The van der Waals surface area contributed by atoms with E-state index < -0.39 is 11.9 Å². The van der Waals surface area contributed by atoms with Crippen molar-refractivity contribution in [2.45, 2.75) is 0 Å². The molecule has 0 spiro atoms. The van der Waals surface area contributed by atoms with Gasteiger partial charge in [0.2, 0.25) is 11.8 Å². The van der Waals surface area contributed by atoms with Gasteiger partial charge in [-0.05, 0) is 36.4 Å². The lowest BCUT2D eigenvalue weighted by molar-refractivity contribution is -0.114. The molecule has 4 N–H and O–H groups in total. The number of esters is 1. The van der Waals surface area contributed by atoms with Crippen LogP contribution in [0.4, 0.5) is 11.4 Å². The van der Waals surface area contributed by atoms with E-state index in [4.69, 9.17) is 10.5 Å². The fourth-order valence-electron chi connectivity index (χ4n) is 2.02. The van der Waals surface area contributed by atoms with E-state index in [9.17, 15) is 14.4 Å². The van der Waals surface area contributed by atoms with E-state index >= 15 is 0 Å². The number of ether oxygens (including phenoxy) is 1. The van der Waals surface area contributed by atoms with E-state index in [1.54, 1.807) is 36.4 Å². The number of amides is 2. The molecular formula is C17H17N3O4. The molecule has 0 atom stereocenters. The zero-order valence-electron chi connectivity index (χ0n) is 13.0. The normalized spacial score (nSPS) is 9.88. The molecule has 0 aliphatic heterocycles. The maximum Gasteiger partial charge on any atom is 0.339 e. The molecule has 0 saturated heterocycles. The number of nitrogens with two attached hydrogens (primary N) is 1. The molecule has 0 heterocycles. The van der Waals surface area contributed by atoms with Crippen molar-refractivity contribution in [3.63, 3.8) is 0 Å². The van der Waals surface area contributed by atoms with Gasteiger partial charge in [-0.1, -0.05) is 12.1 Å². The Bertz CT molecular complexity index is 757. The number of carbonyl (C=O) groups is 3. The highest BCUT2D eigenvalue weighted by Crippen LogP contribution is 2.16. The number of benzene rings is 2. The Morgan fingerprint density at radius 2 is 1.71 bits per heavy atom. The van der Waals surface area contributed by atoms with Crippen molar-refractivity contribution in [1.82, 2.24) is 0 Å². The van der Waals surface area contributed by atoms with Gasteiger partial charge in [-0.15, -0.1) is 0 Å². The fraction of sp³-hybridized carbons (Fsp3) is 0.118. The lowest BCUT2D eigenvalue weighted by atomic mass is 10.2. The molecule has 24 heavy (non-hydrogen) atoms. The van der Waals surface area contributed by atoms with Crippen LogP contribution >= 0.6 is 0 Å². The van der Waals surface area contributed by atoms with E-state index in [0.717, 1.165) is 0 Å². The highest BCUT2D eigenvalue weighted by atomic mass is 16.5. The Balaban J connectivity index is 1.96. The van der Waals surface area contributed by atoms with Gasteiger partial charge in [0.05, 0.1) is 19.2 Å². The number of hydrogen-bond acceptors (Lipinski definition) is 5. The van der Waals surface area contributed by atoms with Gasteiger partial charge in [-0.25, -0.2) is 4.79 Å². The predicted octanol–water partition coefficient (Wildman–Crippen LogP) is 1.62. The van der Waals surface area contributed by atoms with Gasteiger partial charge in [0.25, 0.3) is 0 Å². The van der Waals surface area contributed by atoms with Gasteiger partial charge >= 0.3 is 5.97 Å². The summed E-state index contributed by atoms with van der Waals surface area (Å²) >= 11 is 0. The number of anilines is 2.